The maximum absolute atomic E-state index is 9.80. The summed E-state index contributed by atoms with van der Waals surface area (Å²) in [6.07, 6.45) is 0. The van der Waals surface area contributed by atoms with Crippen LogP contribution in [0.15, 0.2) is 18.2 Å². The van der Waals surface area contributed by atoms with Crippen molar-refractivity contribution in [1.82, 2.24) is 15.0 Å². The van der Waals surface area contributed by atoms with Gasteiger partial charge in [0.15, 0.2) is 0 Å². The van der Waals surface area contributed by atoms with Crippen LogP contribution in [-0.4, -0.2) is 20.1 Å². The Bertz CT molecular complexity index is 468. The van der Waals surface area contributed by atoms with Gasteiger partial charge in [-0.25, -0.2) is 4.68 Å². The molecular formula is C10H13N3O. The number of rotatable bonds is 1. The molecule has 74 valence electrons. The van der Waals surface area contributed by atoms with E-state index in [-0.39, 0.29) is 0 Å². The fourth-order valence-corrected chi connectivity index (χ4v) is 1.42. The lowest BCUT2D eigenvalue weighted by atomic mass is 9.98. The highest BCUT2D eigenvalue weighted by Gasteiger charge is 2.16. The van der Waals surface area contributed by atoms with Crippen molar-refractivity contribution in [2.75, 3.05) is 0 Å². The minimum atomic E-state index is -0.828. The van der Waals surface area contributed by atoms with Crippen molar-refractivity contribution in [2.45, 2.75) is 19.4 Å². The molecule has 0 unspecified atom stereocenters. The first-order valence-electron chi connectivity index (χ1n) is 4.51. The third-order valence-corrected chi connectivity index (χ3v) is 2.32. The molecule has 4 nitrogen and oxygen atoms in total. The van der Waals surface area contributed by atoms with Crippen LogP contribution in [0.4, 0.5) is 0 Å². The Morgan fingerprint density at radius 1 is 1.36 bits per heavy atom. The van der Waals surface area contributed by atoms with Crippen LogP contribution in [0.1, 0.15) is 19.4 Å². The molecule has 0 spiro atoms. The number of hydrogen-bond donors (Lipinski definition) is 1. The van der Waals surface area contributed by atoms with E-state index >= 15 is 0 Å². The molecule has 2 rings (SSSR count). The van der Waals surface area contributed by atoms with Crippen molar-refractivity contribution in [3.63, 3.8) is 0 Å². The summed E-state index contributed by atoms with van der Waals surface area (Å²) in [4.78, 5) is 0. The van der Waals surface area contributed by atoms with Crippen LogP contribution < -0.4 is 0 Å². The van der Waals surface area contributed by atoms with E-state index in [9.17, 15) is 5.11 Å². The highest BCUT2D eigenvalue weighted by Crippen LogP contribution is 2.22. The first-order valence-corrected chi connectivity index (χ1v) is 4.51. The van der Waals surface area contributed by atoms with Crippen molar-refractivity contribution >= 4 is 11.0 Å². The number of aryl methyl sites for hydroxylation is 1. The molecule has 0 atom stereocenters. The van der Waals surface area contributed by atoms with Crippen LogP contribution in [0.5, 0.6) is 0 Å². The Balaban J connectivity index is 2.63. The van der Waals surface area contributed by atoms with Crippen LogP contribution in [0.25, 0.3) is 11.0 Å². The van der Waals surface area contributed by atoms with Crippen molar-refractivity contribution in [3.8, 4) is 0 Å². The van der Waals surface area contributed by atoms with Crippen LogP contribution in [0.3, 0.4) is 0 Å². The van der Waals surface area contributed by atoms with Gasteiger partial charge in [-0.2, -0.15) is 0 Å². The van der Waals surface area contributed by atoms with Gasteiger partial charge in [0.1, 0.15) is 5.52 Å². The molecule has 14 heavy (non-hydrogen) atoms. The Morgan fingerprint density at radius 2 is 2.07 bits per heavy atom. The normalized spacial score (nSPS) is 12.3. The van der Waals surface area contributed by atoms with Gasteiger partial charge in [0, 0.05) is 7.05 Å². The van der Waals surface area contributed by atoms with Gasteiger partial charge in [-0.05, 0) is 31.5 Å². The first kappa shape index (κ1) is 9.15. The lowest BCUT2D eigenvalue weighted by Gasteiger charge is -2.17. The summed E-state index contributed by atoms with van der Waals surface area (Å²) >= 11 is 0. The minimum absolute atomic E-state index is 0.812. The summed E-state index contributed by atoms with van der Waals surface area (Å²) in [6, 6.07) is 5.68. The molecule has 1 heterocycles. The summed E-state index contributed by atoms with van der Waals surface area (Å²) in [6.45, 7) is 3.51. The van der Waals surface area contributed by atoms with Gasteiger partial charge in [0.05, 0.1) is 11.1 Å². The molecule has 0 fully saturated rings. The molecule has 0 amide bonds. The molecule has 0 aliphatic rings. The van der Waals surface area contributed by atoms with Crippen molar-refractivity contribution < 1.29 is 5.11 Å². The lowest BCUT2D eigenvalue weighted by Crippen LogP contribution is -2.15. The summed E-state index contributed by atoms with van der Waals surface area (Å²) in [5.41, 5.74) is 1.81. The number of benzene rings is 1. The van der Waals surface area contributed by atoms with E-state index in [1.165, 1.54) is 0 Å². The monoisotopic (exact) mass is 191 g/mol. The number of hydrogen-bond acceptors (Lipinski definition) is 3. The van der Waals surface area contributed by atoms with Crippen molar-refractivity contribution in [2.24, 2.45) is 7.05 Å². The van der Waals surface area contributed by atoms with Crippen LogP contribution in [0.2, 0.25) is 0 Å². The molecule has 0 saturated carbocycles. The molecule has 4 heteroatoms. The predicted octanol–water partition coefficient (Wildman–Crippen LogP) is 1.20. The average molecular weight is 191 g/mol. The molecule has 1 aromatic carbocycles. The summed E-state index contributed by atoms with van der Waals surface area (Å²) in [5, 5.41) is 17.7. The zero-order valence-electron chi connectivity index (χ0n) is 8.52. The second-order valence-electron chi connectivity index (χ2n) is 3.98. The van der Waals surface area contributed by atoms with Gasteiger partial charge in [-0.15, -0.1) is 5.10 Å². The van der Waals surface area contributed by atoms with Gasteiger partial charge < -0.3 is 5.11 Å². The van der Waals surface area contributed by atoms with Gasteiger partial charge in [0.2, 0.25) is 0 Å². The molecule has 0 aliphatic carbocycles. The number of aliphatic hydroxyl groups is 1. The second kappa shape index (κ2) is 2.78. The number of nitrogens with zero attached hydrogens (tertiary/aromatic N) is 3. The SMILES string of the molecule is Cn1nnc2cc(C(C)(C)O)ccc21. The van der Waals surface area contributed by atoms with E-state index in [0.717, 1.165) is 16.6 Å². The van der Waals surface area contributed by atoms with Gasteiger partial charge >= 0.3 is 0 Å². The topological polar surface area (TPSA) is 50.9 Å². The third kappa shape index (κ3) is 1.37. The van der Waals surface area contributed by atoms with E-state index in [0.29, 0.717) is 0 Å². The molecule has 0 bridgehead atoms. The summed E-state index contributed by atoms with van der Waals surface area (Å²) < 4.78 is 1.71. The van der Waals surface area contributed by atoms with Crippen LogP contribution in [0, 0.1) is 0 Å². The largest absolute Gasteiger partial charge is 0.386 e. The summed E-state index contributed by atoms with van der Waals surface area (Å²) in [5.74, 6) is 0. The highest BCUT2D eigenvalue weighted by molar-refractivity contribution is 5.75. The molecule has 0 saturated heterocycles. The minimum Gasteiger partial charge on any atom is -0.386 e. The molecule has 0 radical (unpaired) electrons. The zero-order valence-corrected chi connectivity index (χ0v) is 8.52. The maximum Gasteiger partial charge on any atom is 0.113 e. The van der Waals surface area contributed by atoms with E-state index in [1.54, 1.807) is 18.5 Å². The highest BCUT2D eigenvalue weighted by atomic mass is 16.3. The molecule has 2 aromatic rings. The van der Waals surface area contributed by atoms with Crippen molar-refractivity contribution in [3.05, 3.63) is 23.8 Å². The Morgan fingerprint density at radius 3 is 2.71 bits per heavy atom. The van der Waals surface area contributed by atoms with Crippen molar-refractivity contribution in [1.29, 1.82) is 0 Å². The molecule has 0 aliphatic heterocycles. The average Bonchev–Trinajstić information content (AvgIpc) is 2.46. The zero-order chi connectivity index (χ0) is 10.3. The summed E-state index contributed by atoms with van der Waals surface area (Å²) in [7, 11) is 1.85. The Kier molecular flexibility index (Phi) is 1.82. The van der Waals surface area contributed by atoms with Crippen LogP contribution in [-0.2, 0) is 12.6 Å². The quantitative estimate of drug-likeness (QED) is 0.736. The van der Waals surface area contributed by atoms with E-state index in [1.807, 2.05) is 25.2 Å². The second-order valence-corrected chi connectivity index (χ2v) is 3.98. The molecule has 1 N–H and O–H groups in total. The smallest absolute Gasteiger partial charge is 0.113 e. The lowest BCUT2D eigenvalue weighted by molar-refractivity contribution is 0.0787. The predicted molar refractivity (Wildman–Crippen MR) is 53.8 cm³/mol. The Hall–Kier alpha value is -1.42. The van der Waals surface area contributed by atoms with Gasteiger partial charge in [0.25, 0.3) is 0 Å². The van der Waals surface area contributed by atoms with E-state index in [2.05, 4.69) is 10.3 Å². The Labute approximate surface area is 82.2 Å². The maximum atomic E-state index is 9.80. The standard InChI is InChI=1S/C10H13N3O/c1-10(2,14)7-4-5-9-8(6-7)11-12-13(9)3/h4-6,14H,1-3H3. The molecular weight excluding hydrogens is 178 g/mol. The van der Waals surface area contributed by atoms with Gasteiger partial charge in [-0.1, -0.05) is 11.3 Å². The van der Waals surface area contributed by atoms with E-state index < -0.39 is 5.60 Å². The third-order valence-electron chi connectivity index (χ3n) is 2.32. The number of aromatic nitrogens is 3. The fourth-order valence-electron chi connectivity index (χ4n) is 1.42. The van der Waals surface area contributed by atoms with Crippen LogP contribution >= 0.6 is 0 Å². The molecule has 1 aromatic heterocycles. The number of fused-ring (bicyclic) bond motifs is 1. The van der Waals surface area contributed by atoms with E-state index in [4.69, 9.17) is 0 Å². The van der Waals surface area contributed by atoms with Gasteiger partial charge in [-0.3, -0.25) is 0 Å². The fraction of sp³-hybridized carbons (Fsp3) is 0.400. The first-order chi connectivity index (χ1) is 6.48.